The van der Waals surface area contributed by atoms with E-state index in [1.807, 2.05) is 0 Å². The molecule has 3 N–H and O–H groups in total. The van der Waals surface area contributed by atoms with E-state index in [1.165, 1.54) is 25.7 Å². The number of aromatic nitrogens is 2. The Labute approximate surface area is 108 Å². The molecular formula is C13H22N4O. The Bertz CT molecular complexity index is 401. The lowest BCUT2D eigenvalue weighted by Gasteiger charge is -2.28. The van der Waals surface area contributed by atoms with Crippen LogP contribution in [0.25, 0.3) is 0 Å². The molecule has 1 saturated carbocycles. The number of anilines is 1. The van der Waals surface area contributed by atoms with Crippen molar-refractivity contribution in [3.8, 4) is 0 Å². The highest BCUT2D eigenvalue weighted by molar-refractivity contribution is 5.75. The molecule has 2 rings (SSSR count). The van der Waals surface area contributed by atoms with E-state index >= 15 is 0 Å². The first-order chi connectivity index (χ1) is 8.65. The van der Waals surface area contributed by atoms with Crippen molar-refractivity contribution in [3.63, 3.8) is 0 Å². The lowest BCUT2D eigenvalue weighted by Crippen LogP contribution is -2.35. The molecule has 1 fully saturated rings. The zero-order chi connectivity index (χ0) is 13.0. The Balaban J connectivity index is 1.74. The molecule has 1 heterocycles. The SMILES string of the molecule is CC1CCCCC1CNC(=O)Cn1cc(N)cn1. The number of carbonyl (C=O) groups excluding carboxylic acids is 1. The van der Waals surface area contributed by atoms with E-state index < -0.39 is 0 Å². The number of nitrogens with zero attached hydrogens (tertiary/aromatic N) is 2. The topological polar surface area (TPSA) is 72.9 Å². The maximum absolute atomic E-state index is 11.8. The zero-order valence-electron chi connectivity index (χ0n) is 10.9. The molecule has 1 amide bonds. The molecule has 18 heavy (non-hydrogen) atoms. The second kappa shape index (κ2) is 5.89. The van der Waals surface area contributed by atoms with Crippen molar-refractivity contribution in [2.75, 3.05) is 12.3 Å². The minimum atomic E-state index is 0.0101. The summed E-state index contributed by atoms with van der Waals surface area (Å²) < 4.78 is 1.56. The van der Waals surface area contributed by atoms with Crippen molar-refractivity contribution in [1.29, 1.82) is 0 Å². The number of nitrogens with one attached hydrogen (secondary N) is 1. The quantitative estimate of drug-likeness (QED) is 0.848. The molecule has 100 valence electrons. The lowest BCUT2D eigenvalue weighted by molar-refractivity contribution is -0.122. The molecule has 5 heteroatoms. The normalized spacial score (nSPS) is 23.8. The first kappa shape index (κ1) is 12.9. The summed E-state index contributed by atoms with van der Waals surface area (Å²) in [6, 6.07) is 0. The zero-order valence-corrected chi connectivity index (χ0v) is 10.9. The number of nitrogen functional groups attached to an aromatic ring is 1. The third-order valence-corrected chi connectivity index (χ3v) is 3.81. The number of hydrogen-bond acceptors (Lipinski definition) is 3. The lowest BCUT2D eigenvalue weighted by atomic mass is 9.80. The van der Waals surface area contributed by atoms with Crippen LogP contribution in [0.3, 0.4) is 0 Å². The Morgan fingerprint density at radius 1 is 1.56 bits per heavy atom. The fourth-order valence-corrected chi connectivity index (χ4v) is 2.61. The number of hydrogen-bond donors (Lipinski definition) is 2. The van der Waals surface area contributed by atoms with Gasteiger partial charge < -0.3 is 11.1 Å². The monoisotopic (exact) mass is 250 g/mol. The van der Waals surface area contributed by atoms with Crippen LogP contribution in [0.1, 0.15) is 32.6 Å². The summed E-state index contributed by atoms with van der Waals surface area (Å²) in [7, 11) is 0. The van der Waals surface area contributed by atoms with Crippen molar-refractivity contribution in [2.45, 2.75) is 39.2 Å². The highest BCUT2D eigenvalue weighted by Crippen LogP contribution is 2.28. The summed E-state index contributed by atoms with van der Waals surface area (Å²) in [4.78, 5) is 11.8. The molecule has 0 saturated heterocycles. The van der Waals surface area contributed by atoms with Crippen LogP contribution in [-0.2, 0) is 11.3 Å². The van der Waals surface area contributed by atoms with Gasteiger partial charge in [-0.2, -0.15) is 5.10 Å². The van der Waals surface area contributed by atoms with Crippen LogP contribution >= 0.6 is 0 Å². The number of rotatable bonds is 4. The molecule has 2 unspecified atom stereocenters. The third kappa shape index (κ3) is 3.48. The predicted octanol–water partition coefficient (Wildman–Crippen LogP) is 1.41. The van der Waals surface area contributed by atoms with Gasteiger partial charge in [-0.15, -0.1) is 0 Å². The summed E-state index contributed by atoms with van der Waals surface area (Å²) in [6.45, 7) is 3.32. The second-order valence-corrected chi connectivity index (χ2v) is 5.30. The third-order valence-electron chi connectivity index (χ3n) is 3.81. The molecule has 0 aromatic carbocycles. The molecule has 0 radical (unpaired) electrons. The molecule has 5 nitrogen and oxygen atoms in total. The summed E-state index contributed by atoms with van der Waals surface area (Å²) in [5.41, 5.74) is 6.14. The van der Waals surface area contributed by atoms with Crippen molar-refractivity contribution in [2.24, 2.45) is 11.8 Å². The predicted molar refractivity (Wildman–Crippen MR) is 70.8 cm³/mol. The van der Waals surface area contributed by atoms with Gasteiger partial charge in [-0.05, 0) is 18.3 Å². The Morgan fingerprint density at radius 2 is 2.33 bits per heavy atom. The van der Waals surface area contributed by atoms with Crippen LogP contribution in [0.15, 0.2) is 12.4 Å². The van der Waals surface area contributed by atoms with E-state index in [0.29, 0.717) is 11.6 Å². The molecule has 0 bridgehead atoms. The Morgan fingerprint density at radius 3 is 3.00 bits per heavy atom. The summed E-state index contributed by atoms with van der Waals surface area (Å²) in [5, 5.41) is 7.00. The number of carbonyl (C=O) groups is 1. The average Bonchev–Trinajstić information content (AvgIpc) is 2.74. The van der Waals surface area contributed by atoms with E-state index in [2.05, 4.69) is 17.3 Å². The van der Waals surface area contributed by atoms with Gasteiger partial charge >= 0.3 is 0 Å². The summed E-state index contributed by atoms with van der Waals surface area (Å²) in [5.74, 6) is 1.36. The molecule has 1 aliphatic rings. The summed E-state index contributed by atoms with van der Waals surface area (Å²) >= 11 is 0. The minimum Gasteiger partial charge on any atom is -0.396 e. The molecule has 2 atom stereocenters. The van der Waals surface area contributed by atoms with E-state index in [-0.39, 0.29) is 12.5 Å². The molecule has 0 spiro atoms. The number of amides is 1. The van der Waals surface area contributed by atoms with E-state index in [4.69, 9.17) is 5.73 Å². The second-order valence-electron chi connectivity index (χ2n) is 5.30. The number of nitrogens with two attached hydrogens (primary N) is 1. The van der Waals surface area contributed by atoms with E-state index in [0.717, 1.165) is 12.5 Å². The van der Waals surface area contributed by atoms with Crippen molar-refractivity contribution in [1.82, 2.24) is 15.1 Å². The molecule has 1 aromatic heterocycles. The fourth-order valence-electron chi connectivity index (χ4n) is 2.61. The fraction of sp³-hybridized carbons (Fsp3) is 0.692. The highest BCUT2D eigenvalue weighted by atomic mass is 16.2. The van der Waals surface area contributed by atoms with Gasteiger partial charge in [0.2, 0.25) is 5.91 Å². The van der Waals surface area contributed by atoms with Gasteiger partial charge in [0, 0.05) is 12.7 Å². The molecule has 1 aromatic rings. The van der Waals surface area contributed by atoms with Crippen LogP contribution in [0.4, 0.5) is 5.69 Å². The van der Waals surface area contributed by atoms with Gasteiger partial charge in [0.1, 0.15) is 6.54 Å². The maximum Gasteiger partial charge on any atom is 0.241 e. The first-order valence-corrected chi connectivity index (χ1v) is 6.70. The Hall–Kier alpha value is -1.52. The van der Waals surface area contributed by atoms with Crippen molar-refractivity contribution < 1.29 is 4.79 Å². The van der Waals surface area contributed by atoms with Gasteiger partial charge in [-0.25, -0.2) is 0 Å². The maximum atomic E-state index is 11.8. The average molecular weight is 250 g/mol. The van der Waals surface area contributed by atoms with Crippen LogP contribution in [0.5, 0.6) is 0 Å². The van der Waals surface area contributed by atoms with Gasteiger partial charge in [-0.3, -0.25) is 9.48 Å². The van der Waals surface area contributed by atoms with Crippen molar-refractivity contribution in [3.05, 3.63) is 12.4 Å². The van der Waals surface area contributed by atoms with E-state index in [9.17, 15) is 4.79 Å². The van der Waals surface area contributed by atoms with Gasteiger partial charge in [0.05, 0.1) is 11.9 Å². The van der Waals surface area contributed by atoms with Gasteiger partial charge in [0.15, 0.2) is 0 Å². The standard InChI is InChI=1S/C13H22N4O/c1-10-4-2-3-5-11(10)6-15-13(18)9-17-8-12(14)7-16-17/h7-8,10-11H,2-6,9,14H2,1H3,(H,15,18). The summed E-state index contributed by atoms with van der Waals surface area (Å²) in [6.07, 6.45) is 8.37. The van der Waals surface area contributed by atoms with Crippen molar-refractivity contribution >= 4 is 11.6 Å². The van der Waals surface area contributed by atoms with Crippen LogP contribution < -0.4 is 11.1 Å². The largest absolute Gasteiger partial charge is 0.396 e. The minimum absolute atomic E-state index is 0.0101. The first-order valence-electron chi connectivity index (χ1n) is 6.70. The van der Waals surface area contributed by atoms with Crippen LogP contribution in [0.2, 0.25) is 0 Å². The van der Waals surface area contributed by atoms with Gasteiger partial charge in [0.25, 0.3) is 0 Å². The highest BCUT2D eigenvalue weighted by Gasteiger charge is 2.21. The van der Waals surface area contributed by atoms with Gasteiger partial charge in [-0.1, -0.05) is 26.2 Å². The Kier molecular flexibility index (Phi) is 4.23. The smallest absolute Gasteiger partial charge is 0.241 e. The molecule has 1 aliphatic carbocycles. The van der Waals surface area contributed by atoms with Crippen LogP contribution in [-0.4, -0.2) is 22.2 Å². The molecular weight excluding hydrogens is 228 g/mol. The van der Waals surface area contributed by atoms with E-state index in [1.54, 1.807) is 17.1 Å². The van der Waals surface area contributed by atoms with Crippen LogP contribution in [0, 0.1) is 11.8 Å². The molecule has 0 aliphatic heterocycles.